The Labute approximate surface area is 190 Å². The Hall–Kier alpha value is -3.64. The third-order valence-electron chi connectivity index (χ3n) is 7.02. The number of hydrogen-bond donors (Lipinski definition) is 0. The Morgan fingerprint density at radius 2 is 0.906 bits per heavy atom. The van der Waals surface area contributed by atoms with Crippen molar-refractivity contribution in [1.82, 2.24) is 0 Å². The summed E-state index contributed by atoms with van der Waals surface area (Å²) in [6, 6.07) is 31.1. The standard InChI is InChI=1S/C32H26/c1-21-9-7-15-29(27-17-23-11-3-4-12-24(23)18-27)31(21)32-22(2)10-8-16-30(32)28-19-25-13-5-6-14-26(25)20-28/h3-17,19H,18,20H2,1-2H3. The molecule has 154 valence electrons. The maximum Gasteiger partial charge on any atom is -0.00135 e. The van der Waals surface area contributed by atoms with Crippen LogP contribution in [0.25, 0.3) is 34.4 Å². The molecule has 0 aromatic heterocycles. The lowest BCUT2D eigenvalue weighted by molar-refractivity contribution is 1.29. The molecule has 0 heteroatoms. The smallest absolute Gasteiger partial charge is 0.00135 e. The van der Waals surface area contributed by atoms with Crippen LogP contribution in [0.3, 0.4) is 0 Å². The zero-order valence-electron chi connectivity index (χ0n) is 18.7. The van der Waals surface area contributed by atoms with Crippen molar-refractivity contribution >= 4 is 23.3 Å². The first-order chi connectivity index (χ1) is 15.7. The minimum Gasteiger partial charge on any atom is -0.0619 e. The normalized spacial score (nSPS) is 14.1. The molecule has 0 unspecified atom stereocenters. The van der Waals surface area contributed by atoms with Crippen LogP contribution in [0, 0.1) is 13.8 Å². The highest BCUT2D eigenvalue weighted by Gasteiger charge is 2.23. The highest BCUT2D eigenvalue weighted by Crippen LogP contribution is 2.43. The van der Waals surface area contributed by atoms with Crippen LogP contribution in [-0.4, -0.2) is 0 Å². The fourth-order valence-corrected chi connectivity index (χ4v) is 5.44. The second-order valence-electron chi connectivity index (χ2n) is 9.09. The van der Waals surface area contributed by atoms with Gasteiger partial charge in [-0.3, -0.25) is 0 Å². The van der Waals surface area contributed by atoms with Gasteiger partial charge in [-0.2, -0.15) is 0 Å². The molecule has 0 spiro atoms. The molecule has 0 fully saturated rings. The summed E-state index contributed by atoms with van der Waals surface area (Å²) in [6.45, 7) is 4.52. The number of rotatable bonds is 3. The molecule has 2 aliphatic rings. The predicted octanol–water partition coefficient (Wildman–Crippen LogP) is 8.16. The largest absolute Gasteiger partial charge is 0.0619 e. The number of allylic oxidation sites excluding steroid dienone is 2. The van der Waals surface area contributed by atoms with Crippen LogP contribution in [-0.2, 0) is 12.8 Å². The average molecular weight is 411 g/mol. The molecule has 0 bridgehead atoms. The van der Waals surface area contributed by atoms with E-state index in [-0.39, 0.29) is 0 Å². The summed E-state index contributed by atoms with van der Waals surface area (Å²) in [7, 11) is 0. The van der Waals surface area contributed by atoms with Crippen molar-refractivity contribution in [3.8, 4) is 11.1 Å². The molecule has 0 saturated carbocycles. The summed E-state index contributed by atoms with van der Waals surface area (Å²) < 4.78 is 0. The predicted molar refractivity (Wildman–Crippen MR) is 137 cm³/mol. The van der Waals surface area contributed by atoms with Crippen molar-refractivity contribution in [2.24, 2.45) is 0 Å². The third kappa shape index (κ3) is 3.07. The lowest BCUT2D eigenvalue weighted by atomic mass is 9.83. The number of aryl methyl sites for hydroxylation is 2. The molecule has 2 aliphatic carbocycles. The molecule has 0 saturated heterocycles. The Morgan fingerprint density at radius 1 is 0.469 bits per heavy atom. The van der Waals surface area contributed by atoms with Gasteiger partial charge in [0.05, 0.1) is 0 Å². The molecule has 4 aromatic rings. The van der Waals surface area contributed by atoms with E-state index >= 15 is 0 Å². The molecular formula is C32H26. The molecular weight excluding hydrogens is 384 g/mol. The summed E-state index contributed by atoms with van der Waals surface area (Å²) >= 11 is 0. The Kier molecular flexibility index (Phi) is 4.47. The first kappa shape index (κ1) is 19.1. The van der Waals surface area contributed by atoms with Crippen molar-refractivity contribution in [3.63, 3.8) is 0 Å². The highest BCUT2D eigenvalue weighted by molar-refractivity contribution is 6.00. The minimum atomic E-state index is 1.00. The van der Waals surface area contributed by atoms with Crippen LogP contribution in [0.5, 0.6) is 0 Å². The summed E-state index contributed by atoms with van der Waals surface area (Å²) in [6.07, 6.45) is 6.77. The van der Waals surface area contributed by atoms with E-state index < -0.39 is 0 Å². The van der Waals surface area contributed by atoms with E-state index in [0.29, 0.717) is 0 Å². The lowest BCUT2D eigenvalue weighted by Gasteiger charge is -2.20. The van der Waals surface area contributed by atoms with Crippen LogP contribution in [0.2, 0.25) is 0 Å². The molecule has 32 heavy (non-hydrogen) atoms. The Bertz CT molecular complexity index is 1320. The maximum absolute atomic E-state index is 2.39. The molecule has 0 nitrogen and oxygen atoms in total. The van der Waals surface area contributed by atoms with Gasteiger partial charge < -0.3 is 0 Å². The van der Waals surface area contributed by atoms with E-state index in [4.69, 9.17) is 0 Å². The van der Waals surface area contributed by atoms with Crippen molar-refractivity contribution in [3.05, 3.63) is 129 Å². The fourth-order valence-electron chi connectivity index (χ4n) is 5.44. The second-order valence-corrected chi connectivity index (χ2v) is 9.09. The van der Waals surface area contributed by atoms with Gasteiger partial charge >= 0.3 is 0 Å². The average Bonchev–Trinajstić information content (AvgIpc) is 3.43. The fraction of sp³-hybridized carbons (Fsp3) is 0.125. The molecule has 0 atom stereocenters. The number of fused-ring (bicyclic) bond motifs is 2. The van der Waals surface area contributed by atoms with Gasteiger partial charge in [-0.15, -0.1) is 0 Å². The summed E-state index contributed by atoms with van der Waals surface area (Å²) in [5.41, 5.74) is 16.6. The van der Waals surface area contributed by atoms with Crippen LogP contribution in [0.1, 0.15) is 44.5 Å². The Morgan fingerprint density at radius 3 is 1.34 bits per heavy atom. The molecule has 0 radical (unpaired) electrons. The number of hydrogen-bond acceptors (Lipinski definition) is 0. The first-order valence-electron chi connectivity index (χ1n) is 11.5. The topological polar surface area (TPSA) is 0 Å². The zero-order chi connectivity index (χ0) is 21.7. The van der Waals surface area contributed by atoms with E-state index in [1.165, 1.54) is 66.8 Å². The van der Waals surface area contributed by atoms with Gasteiger partial charge in [0, 0.05) is 0 Å². The van der Waals surface area contributed by atoms with Crippen LogP contribution in [0.4, 0.5) is 0 Å². The molecule has 4 aromatic carbocycles. The SMILES string of the molecule is Cc1cccc(C2=Cc3ccccc3C2)c1-c1c(C)cccc1C1=Cc2ccccc2C1. The third-order valence-corrected chi connectivity index (χ3v) is 7.02. The van der Waals surface area contributed by atoms with E-state index in [1.807, 2.05) is 0 Å². The van der Waals surface area contributed by atoms with Crippen LogP contribution in [0.15, 0.2) is 84.9 Å². The van der Waals surface area contributed by atoms with Gasteiger partial charge in [0.15, 0.2) is 0 Å². The van der Waals surface area contributed by atoms with Gasteiger partial charge in [-0.05, 0) is 93.5 Å². The lowest BCUT2D eigenvalue weighted by Crippen LogP contribution is -1.99. The summed E-state index contributed by atoms with van der Waals surface area (Å²) in [5.74, 6) is 0. The van der Waals surface area contributed by atoms with Crippen molar-refractivity contribution in [2.75, 3.05) is 0 Å². The highest BCUT2D eigenvalue weighted by atomic mass is 14.3. The van der Waals surface area contributed by atoms with Crippen molar-refractivity contribution < 1.29 is 0 Å². The van der Waals surface area contributed by atoms with Crippen molar-refractivity contribution in [1.29, 1.82) is 0 Å². The van der Waals surface area contributed by atoms with Gasteiger partial charge in [0.2, 0.25) is 0 Å². The van der Waals surface area contributed by atoms with E-state index in [0.717, 1.165) is 12.8 Å². The first-order valence-corrected chi connectivity index (χ1v) is 11.5. The van der Waals surface area contributed by atoms with Crippen LogP contribution < -0.4 is 0 Å². The number of benzene rings is 4. The van der Waals surface area contributed by atoms with Gasteiger partial charge in [-0.1, -0.05) is 97.1 Å². The van der Waals surface area contributed by atoms with Crippen molar-refractivity contribution in [2.45, 2.75) is 26.7 Å². The van der Waals surface area contributed by atoms with E-state index in [2.05, 4.69) is 111 Å². The second kappa shape index (κ2) is 7.50. The van der Waals surface area contributed by atoms with E-state index in [1.54, 1.807) is 0 Å². The van der Waals surface area contributed by atoms with E-state index in [9.17, 15) is 0 Å². The summed E-state index contributed by atoms with van der Waals surface area (Å²) in [4.78, 5) is 0. The monoisotopic (exact) mass is 410 g/mol. The van der Waals surface area contributed by atoms with Gasteiger partial charge in [-0.25, -0.2) is 0 Å². The quantitative estimate of drug-likeness (QED) is 0.319. The van der Waals surface area contributed by atoms with Gasteiger partial charge in [0.25, 0.3) is 0 Å². The molecule has 0 heterocycles. The van der Waals surface area contributed by atoms with Gasteiger partial charge in [0.1, 0.15) is 0 Å². The van der Waals surface area contributed by atoms with Crippen LogP contribution >= 0.6 is 0 Å². The zero-order valence-corrected chi connectivity index (χ0v) is 18.7. The molecule has 0 aliphatic heterocycles. The molecule has 6 rings (SSSR count). The summed E-state index contributed by atoms with van der Waals surface area (Å²) in [5, 5.41) is 0. The maximum atomic E-state index is 2.39. The minimum absolute atomic E-state index is 1.00. The molecule has 0 amide bonds. The molecule has 0 N–H and O–H groups in total. The Balaban J connectivity index is 1.53.